The predicted octanol–water partition coefficient (Wildman–Crippen LogP) is 3.76. The number of ether oxygens (including phenoxy) is 1. The van der Waals surface area contributed by atoms with Gasteiger partial charge in [-0.25, -0.2) is 4.98 Å². The van der Waals surface area contributed by atoms with E-state index in [1.54, 1.807) is 0 Å². The fourth-order valence-electron chi connectivity index (χ4n) is 1.68. The van der Waals surface area contributed by atoms with Crippen LogP contribution in [0.5, 0.6) is 5.88 Å². The van der Waals surface area contributed by atoms with Gasteiger partial charge < -0.3 is 9.84 Å². The fraction of sp³-hybridized carbons (Fsp3) is 0.267. The minimum Gasteiger partial charge on any atom is -0.474 e. The van der Waals surface area contributed by atoms with Crippen molar-refractivity contribution >= 4 is 11.8 Å². The third kappa shape index (κ3) is 4.64. The van der Waals surface area contributed by atoms with Crippen LogP contribution >= 0.6 is 11.8 Å². The lowest BCUT2D eigenvalue weighted by Crippen LogP contribution is -2.08. The number of nitrogens with zero attached hydrogens (tertiary/aromatic N) is 1. The maximum atomic E-state index is 12.8. The van der Waals surface area contributed by atoms with Crippen molar-refractivity contribution in [2.24, 2.45) is 0 Å². The predicted molar refractivity (Wildman–Crippen MR) is 77.8 cm³/mol. The molecule has 2 aromatic rings. The number of aromatic nitrogens is 1. The van der Waals surface area contributed by atoms with Gasteiger partial charge in [-0.1, -0.05) is 30.3 Å². The molecule has 1 N–H and O–H groups in total. The molecule has 0 saturated carbocycles. The summed E-state index contributed by atoms with van der Waals surface area (Å²) in [6.07, 6.45) is -3.72. The number of halogens is 3. The van der Waals surface area contributed by atoms with E-state index in [-0.39, 0.29) is 19.1 Å². The van der Waals surface area contributed by atoms with E-state index in [9.17, 15) is 13.2 Å². The van der Waals surface area contributed by atoms with Gasteiger partial charge in [-0.2, -0.15) is 13.2 Å². The van der Waals surface area contributed by atoms with Crippen molar-refractivity contribution in [3.63, 3.8) is 0 Å². The summed E-state index contributed by atoms with van der Waals surface area (Å²) in [7, 11) is 0. The zero-order valence-corrected chi connectivity index (χ0v) is 12.3. The van der Waals surface area contributed by atoms with Crippen molar-refractivity contribution in [2.75, 3.05) is 13.2 Å². The summed E-state index contributed by atoms with van der Waals surface area (Å²) < 4.78 is 43.5. The van der Waals surface area contributed by atoms with E-state index in [0.29, 0.717) is 10.6 Å². The van der Waals surface area contributed by atoms with Gasteiger partial charge in [0.15, 0.2) is 0 Å². The number of rotatable bonds is 6. The second-order valence-corrected chi connectivity index (χ2v) is 5.39. The second kappa shape index (κ2) is 7.51. The first-order chi connectivity index (χ1) is 10.5. The van der Waals surface area contributed by atoms with Crippen molar-refractivity contribution in [1.82, 2.24) is 4.98 Å². The Labute approximate surface area is 130 Å². The Kier molecular flexibility index (Phi) is 5.68. The van der Waals surface area contributed by atoms with Gasteiger partial charge in [-0.05, 0) is 11.6 Å². The number of alkyl halides is 3. The molecule has 1 aromatic heterocycles. The van der Waals surface area contributed by atoms with Gasteiger partial charge in [0.25, 0.3) is 0 Å². The molecule has 0 atom stereocenters. The van der Waals surface area contributed by atoms with Crippen LogP contribution in [0.4, 0.5) is 13.2 Å². The van der Waals surface area contributed by atoms with Crippen LogP contribution in [0.1, 0.15) is 11.1 Å². The van der Waals surface area contributed by atoms with Crippen LogP contribution < -0.4 is 4.74 Å². The minimum absolute atomic E-state index is 0.0166. The van der Waals surface area contributed by atoms with Crippen LogP contribution in [0.2, 0.25) is 0 Å². The first-order valence-electron chi connectivity index (χ1n) is 6.48. The molecule has 0 fully saturated rings. The molecule has 7 heteroatoms. The maximum Gasteiger partial charge on any atom is 0.417 e. The van der Waals surface area contributed by atoms with E-state index in [4.69, 9.17) is 9.84 Å². The molecule has 0 unspecified atom stereocenters. The Hall–Kier alpha value is -1.73. The van der Waals surface area contributed by atoms with Gasteiger partial charge >= 0.3 is 6.18 Å². The number of thioether (sulfide) groups is 1. The summed E-state index contributed by atoms with van der Waals surface area (Å²) in [6.45, 7) is -0.247. The minimum atomic E-state index is -4.45. The first kappa shape index (κ1) is 16.6. The molecule has 1 heterocycles. The van der Waals surface area contributed by atoms with Gasteiger partial charge in [0, 0.05) is 11.9 Å². The number of aliphatic hydroxyl groups is 1. The molecule has 1 aromatic carbocycles. The highest BCUT2D eigenvalue weighted by molar-refractivity contribution is 7.98. The number of pyridine rings is 1. The lowest BCUT2D eigenvalue weighted by Gasteiger charge is -2.12. The Morgan fingerprint density at radius 1 is 1.18 bits per heavy atom. The van der Waals surface area contributed by atoms with E-state index in [0.717, 1.165) is 17.8 Å². The molecule has 2 rings (SSSR count). The zero-order chi connectivity index (χ0) is 16.0. The lowest BCUT2D eigenvalue weighted by atomic mass is 10.2. The number of hydrogen-bond donors (Lipinski definition) is 1. The third-order valence-electron chi connectivity index (χ3n) is 2.71. The molecule has 0 aliphatic heterocycles. The number of hydrogen-bond acceptors (Lipinski definition) is 4. The van der Waals surface area contributed by atoms with E-state index < -0.39 is 11.7 Å². The maximum absolute atomic E-state index is 12.8. The third-order valence-corrected chi connectivity index (χ3v) is 3.79. The lowest BCUT2D eigenvalue weighted by molar-refractivity contribution is -0.138. The fourth-order valence-corrected chi connectivity index (χ4v) is 2.64. The van der Waals surface area contributed by atoms with Crippen LogP contribution in [-0.4, -0.2) is 23.3 Å². The van der Waals surface area contributed by atoms with Crippen LogP contribution in [0.15, 0.2) is 47.5 Å². The average Bonchev–Trinajstić information content (AvgIpc) is 2.51. The molecule has 0 saturated heterocycles. The van der Waals surface area contributed by atoms with E-state index in [1.807, 2.05) is 30.3 Å². The average molecular weight is 329 g/mol. The van der Waals surface area contributed by atoms with Crippen molar-refractivity contribution in [3.05, 3.63) is 53.7 Å². The standard InChI is InChI=1S/C15H14F3NO2S/c16-15(17,18)12-8-13(14(19-9-12)21-7-6-20)22-10-11-4-2-1-3-5-11/h1-5,8-9,20H,6-7,10H2. The Bertz CT molecular complexity index is 605. The van der Waals surface area contributed by atoms with Crippen LogP contribution in [0, 0.1) is 0 Å². The Morgan fingerprint density at radius 3 is 2.55 bits per heavy atom. The summed E-state index contributed by atoms with van der Waals surface area (Å²) in [5.74, 6) is 0.599. The monoisotopic (exact) mass is 329 g/mol. The zero-order valence-electron chi connectivity index (χ0n) is 11.5. The summed E-state index contributed by atoms with van der Waals surface area (Å²) in [4.78, 5) is 4.02. The largest absolute Gasteiger partial charge is 0.474 e. The quantitative estimate of drug-likeness (QED) is 0.820. The Morgan fingerprint density at radius 2 is 1.91 bits per heavy atom. The highest BCUT2D eigenvalue weighted by atomic mass is 32.2. The van der Waals surface area contributed by atoms with Gasteiger partial charge in [0.2, 0.25) is 5.88 Å². The normalized spacial score (nSPS) is 11.5. The molecule has 0 radical (unpaired) electrons. The van der Waals surface area contributed by atoms with Crippen LogP contribution in [0.3, 0.4) is 0 Å². The van der Waals surface area contributed by atoms with Crippen molar-refractivity contribution in [1.29, 1.82) is 0 Å². The highest BCUT2D eigenvalue weighted by Gasteiger charge is 2.32. The van der Waals surface area contributed by atoms with Gasteiger partial charge in [0.1, 0.15) is 6.61 Å². The molecule has 0 bridgehead atoms. The van der Waals surface area contributed by atoms with Gasteiger partial charge in [-0.3, -0.25) is 0 Å². The molecule has 22 heavy (non-hydrogen) atoms. The van der Waals surface area contributed by atoms with Crippen molar-refractivity contribution in [2.45, 2.75) is 16.8 Å². The van der Waals surface area contributed by atoms with Crippen LogP contribution in [0.25, 0.3) is 0 Å². The van der Waals surface area contributed by atoms with Gasteiger partial charge in [0.05, 0.1) is 17.1 Å². The van der Waals surface area contributed by atoms with Gasteiger partial charge in [-0.15, -0.1) is 11.8 Å². The van der Waals surface area contributed by atoms with E-state index >= 15 is 0 Å². The highest BCUT2D eigenvalue weighted by Crippen LogP contribution is 2.36. The molecular weight excluding hydrogens is 315 g/mol. The summed E-state index contributed by atoms with van der Waals surface area (Å²) in [5, 5.41) is 8.77. The number of aliphatic hydroxyl groups excluding tert-OH is 1. The second-order valence-electron chi connectivity index (χ2n) is 4.37. The molecule has 3 nitrogen and oxygen atoms in total. The summed E-state index contributed by atoms with van der Waals surface area (Å²) in [5.41, 5.74) is 0.164. The molecule has 0 amide bonds. The Balaban J connectivity index is 2.20. The summed E-state index contributed by atoms with van der Waals surface area (Å²) >= 11 is 1.21. The molecular formula is C15H14F3NO2S. The molecule has 118 valence electrons. The van der Waals surface area contributed by atoms with E-state index in [1.165, 1.54) is 11.8 Å². The molecule has 0 aliphatic carbocycles. The molecule has 0 aliphatic rings. The van der Waals surface area contributed by atoms with Crippen molar-refractivity contribution < 1.29 is 23.0 Å². The first-order valence-corrected chi connectivity index (χ1v) is 7.47. The van der Waals surface area contributed by atoms with Crippen molar-refractivity contribution in [3.8, 4) is 5.88 Å². The number of benzene rings is 1. The topological polar surface area (TPSA) is 42.4 Å². The van der Waals surface area contributed by atoms with Crippen LogP contribution in [-0.2, 0) is 11.9 Å². The van der Waals surface area contributed by atoms with E-state index in [2.05, 4.69) is 4.98 Å². The molecule has 0 spiro atoms. The summed E-state index contributed by atoms with van der Waals surface area (Å²) in [6, 6.07) is 10.4. The smallest absolute Gasteiger partial charge is 0.417 e. The SMILES string of the molecule is OCCOc1ncc(C(F)(F)F)cc1SCc1ccccc1.